The normalized spacial score (nSPS) is 28.3. The summed E-state index contributed by atoms with van der Waals surface area (Å²) in [5.41, 5.74) is -1.00. The fraction of sp³-hybridized carbons (Fsp3) is 0.519. The van der Waals surface area contributed by atoms with Crippen LogP contribution in [0.2, 0.25) is 0 Å². The number of ketones is 3. The van der Waals surface area contributed by atoms with E-state index >= 15 is 0 Å². The van der Waals surface area contributed by atoms with Gasteiger partial charge in [-0.05, 0) is 55.2 Å². The van der Waals surface area contributed by atoms with Crippen LogP contribution in [0.15, 0.2) is 23.0 Å². The zero-order valence-corrected chi connectivity index (χ0v) is 20.6. The number of hydrogen-bond donors (Lipinski definition) is 4. The molecule has 8 heteroatoms. The summed E-state index contributed by atoms with van der Waals surface area (Å²) in [5.74, 6) is -6.50. The third-order valence-electron chi connectivity index (χ3n) is 7.93. The second kappa shape index (κ2) is 8.60. The number of aliphatic hydroxyl groups is 3. The molecule has 1 saturated carbocycles. The molecule has 0 aromatic heterocycles. The number of ether oxygens (including phenoxy) is 1. The lowest BCUT2D eigenvalue weighted by atomic mass is 9.54. The molecule has 0 aliphatic heterocycles. The Morgan fingerprint density at radius 3 is 2.40 bits per heavy atom. The van der Waals surface area contributed by atoms with Gasteiger partial charge in [-0.2, -0.15) is 0 Å². The van der Waals surface area contributed by atoms with Crippen LogP contribution in [0.1, 0.15) is 56.4 Å². The number of Topliss-reactive ketones (excluding diaryl/α,β-unsaturated/α-hetero) is 3. The maximum Gasteiger partial charge on any atom is 0.202 e. The molecular formula is C27H32O8. The first kappa shape index (κ1) is 25.1. The Morgan fingerprint density at radius 1 is 1.20 bits per heavy atom. The van der Waals surface area contributed by atoms with Gasteiger partial charge >= 0.3 is 0 Å². The van der Waals surface area contributed by atoms with Crippen LogP contribution in [-0.2, 0) is 38.6 Å². The molecule has 35 heavy (non-hydrogen) atoms. The standard InChI is InChI=1S/C27H32O8/c1-6-13-7-15(10-35-5)22(29)21-16(13)8-14-9-17-18(11(2)3)23(30)19(12(4)28)25(32)27(17,34)26(33)20(14)24(21)31/h7,11,14,17-18,29,31-32,34H,6,8-10H2,1-5H3. The lowest BCUT2D eigenvalue weighted by molar-refractivity contribution is -0.155. The fourth-order valence-electron chi connectivity index (χ4n) is 6.37. The van der Waals surface area contributed by atoms with Crippen molar-refractivity contribution in [2.75, 3.05) is 7.11 Å². The number of benzene rings is 1. The van der Waals surface area contributed by atoms with Gasteiger partial charge in [0, 0.05) is 30.1 Å². The van der Waals surface area contributed by atoms with Crippen LogP contribution in [0, 0.1) is 23.7 Å². The number of aryl methyl sites for hydroxylation is 1. The van der Waals surface area contributed by atoms with Gasteiger partial charge in [0.2, 0.25) is 5.78 Å². The summed E-state index contributed by atoms with van der Waals surface area (Å²) in [6, 6.07) is 1.83. The summed E-state index contributed by atoms with van der Waals surface area (Å²) in [4.78, 5) is 39.4. The molecule has 0 bridgehead atoms. The first-order valence-corrected chi connectivity index (χ1v) is 12.0. The minimum absolute atomic E-state index is 0.0990. The lowest BCUT2D eigenvalue weighted by Crippen LogP contribution is -2.61. The molecular weight excluding hydrogens is 452 g/mol. The Hall–Kier alpha value is -2.97. The predicted molar refractivity (Wildman–Crippen MR) is 127 cm³/mol. The van der Waals surface area contributed by atoms with E-state index in [-0.39, 0.29) is 35.8 Å². The summed E-state index contributed by atoms with van der Waals surface area (Å²) in [7, 11) is 1.48. The van der Waals surface area contributed by atoms with Crippen molar-refractivity contribution >= 4 is 23.1 Å². The molecule has 1 fully saturated rings. The Labute approximate surface area is 203 Å². The molecule has 1 aromatic rings. The van der Waals surface area contributed by atoms with Gasteiger partial charge in [0.25, 0.3) is 0 Å². The zero-order chi connectivity index (χ0) is 26.0. The van der Waals surface area contributed by atoms with Crippen molar-refractivity contribution < 1.29 is 39.5 Å². The molecule has 4 unspecified atom stereocenters. The third-order valence-corrected chi connectivity index (χ3v) is 7.93. The lowest BCUT2D eigenvalue weighted by Gasteiger charge is -2.50. The Bertz CT molecular complexity index is 1200. The predicted octanol–water partition coefficient (Wildman–Crippen LogP) is 3.12. The van der Waals surface area contributed by atoms with Crippen molar-refractivity contribution in [2.45, 2.75) is 59.2 Å². The highest BCUT2D eigenvalue weighted by Gasteiger charge is 2.63. The first-order valence-electron chi connectivity index (χ1n) is 12.0. The van der Waals surface area contributed by atoms with Crippen molar-refractivity contribution in [1.29, 1.82) is 0 Å². The van der Waals surface area contributed by atoms with Crippen LogP contribution in [0.25, 0.3) is 5.76 Å². The second-order valence-corrected chi connectivity index (χ2v) is 10.2. The van der Waals surface area contributed by atoms with Gasteiger partial charge in [-0.3, -0.25) is 14.4 Å². The number of aromatic hydroxyl groups is 1. The number of fused-ring (bicyclic) bond motifs is 3. The molecule has 188 valence electrons. The molecule has 3 aliphatic carbocycles. The van der Waals surface area contributed by atoms with Crippen molar-refractivity contribution in [3.05, 3.63) is 45.2 Å². The van der Waals surface area contributed by atoms with E-state index in [4.69, 9.17) is 4.74 Å². The number of rotatable bonds is 5. The average Bonchev–Trinajstić information content (AvgIpc) is 2.77. The van der Waals surface area contributed by atoms with E-state index < -0.39 is 57.8 Å². The maximum atomic E-state index is 13.9. The van der Waals surface area contributed by atoms with E-state index in [1.54, 1.807) is 13.8 Å². The molecule has 1 aromatic carbocycles. The fourth-order valence-corrected chi connectivity index (χ4v) is 6.37. The van der Waals surface area contributed by atoms with Gasteiger partial charge in [-0.25, -0.2) is 0 Å². The summed E-state index contributed by atoms with van der Waals surface area (Å²) >= 11 is 0. The van der Waals surface area contributed by atoms with Crippen LogP contribution in [0.3, 0.4) is 0 Å². The molecule has 0 heterocycles. The largest absolute Gasteiger partial charge is 0.508 e. The van der Waals surface area contributed by atoms with Gasteiger partial charge in [0.1, 0.15) is 22.8 Å². The van der Waals surface area contributed by atoms with Crippen LogP contribution in [-0.4, -0.2) is 50.5 Å². The topological polar surface area (TPSA) is 141 Å². The number of carbonyl (C=O) groups excluding carboxylic acids is 3. The maximum absolute atomic E-state index is 13.9. The van der Waals surface area contributed by atoms with Gasteiger partial charge in [0.05, 0.1) is 12.2 Å². The molecule has 0 radical (unpaired) electrons. The molecule has 4 rings (SSSR count). The number of methoxy groups -OCH3 is 1. The molecule has 3 aliphatic rings. The van der Waals surface area contributed by atoms with Crippen molar-refractivity contribution in [2.24, 2.45) is 23.7 Å². The van der Waals surface area contributed by atoms with Crippen LogP contribution >= 0.6 is 0 Å². The van der Waals surface area contributed by atoms with Gasteiger partial charge < -0.3 is 25.2 Å². The number of phenols is 1. The van der Waals surface area contributed by atoms with Crippen molar-refractivity contribution in [3.63, 3.8) is 0 Å². The van der Waals surface area contributed by atoms with E-state index in [0.717, 1.165) is 12.5 Å². The Balaban J connectivity index is 1.99. The molecule has 0 spiro atoms. The van der Waals surface area contributed by atoms with E-state index in [9.17, 15) is 34.8 Å². The quantitative estimate of drug-likeness (QED) is 0.467. The highest BCUT2D eigenvalue weighted by molar-refractivity contribution is 6.24. The minimum Gasteiger partial charge on any atom is -0.508 e. The monoisotopic (exact) mass is 484 g/mol. The second-order valence-electron chi connectivity index (χ2n) is 10.2. The number of allylic oxidation sites excluding steroid dienone is 1. The summed E-state index contributed by atoms with van der Waals surface area (Å²) in [6.45, 7) is 6.71. The number of carbonyl (C=O) groups is 3. The molecule has 8 nitrogen and oxygen atoms in total. The zero-order valence-electron chi connectivity index (χ0n) is 20.6. The van der Waals surface area contributed by atoms with Gasteiger partial charge in [-0.15, -0.1) is 0 Å². The molecule has 4 atom stereocenters. The van der Waals surface area contributed by atoms with E-state index in [0.29, 0.717) is 24.0 Å². The number of hydrogen-bond acceptors (Lipinski definition) is 8. The first-order chi connectivity index (χ1) is 16.4. The van der Waals surface area contributed by atoms with Gasteiger partial charge in [-0.1, -0.05) is 20.8 Å². The molecule has 0 amide bonds. The average molecular weight is 485 g/mol. The Morgan fingerprint density at radius 2 is 1.86 bits per heavy atom. The SMILES string of the molecule is CCc1cc(COC)c(O)c2c1CC1CC3C(C(C)C)C(=O)C(C(C)=O)=C(O)C3(O)C(=O)C1=C2O. The van der Waals surface area contributed by atoms with E-state index in [2.05, 4.69) is 0 Å². The van der Waals surface area contributed by atoms with E-state index in [1.807, 2.05) is 13.0 Å². The Kier molecular flexibility index (Phi) is 6.18. The highest BCUT2D eigenvalue weighted by Crippen LogP contribution is 2.55. The summed E-state index contributed by atoms with van der Waals surface area (Å²) < 4.78 is 5.17. The van der Waals surface area contributed by atoms with Crippen LogP contribution < -0.4 is 0 Å². The number of phenolic OH excluding ortho intramolecular Hbond substituents is 1. The molecule has 4 N–H and O–H groups in total. The third kappa shape index (κ3) is 3.37. The van der Waals surface area contributed by atoms with Crippen LogP contribution in [0.5, 0.6) is 5.75 Å². The highest BCUT2D eigenvalue weighted by atomic mass is 16.5. The van der Waals surface area contributed by atoms with Crippen molar-refractivity contribution in [3.8, 4) is 5.75 Å². The van der Waals surface area contributed by atoms with Gasteiger partial charge in [0.15, 0.2) is 17.2 Å². The number of aliphatic hydroxyl groups excluding tert-OH is 2. The summed E-state index contributed by atoms with van der Waals surface area (Å²) in [5, 5.41) is 44.9. The summed E-state index contributed by atoms with van der Waals surface area (Å²) in [6.07, 6.45) is 1.09. The molecule has 0 saturated heterocycles. The van der Waals surface area contributed by atoms with Crippen molar-refractivity contribution in [1.82, 2.24) is 0 Å². The van der Waals surface area contributed by atoms with Crippen LogP contribution in [0.4, 0.5) is 0 Å². The van der Waals surface area contributed by atoms with E-state index in [1.165, 1.54) is 7.11 Å². The minimum atomic E-state index is -2.52. The smallest absolute Gasteiger partial charge is 0.202 e.